The van der Waals surface area contributed by atoms with Gasteiger partial charge in [0, 0.05) is 17.1 Å². The van der Waals surface area contributed by atoms with Crippen molar-refractivity contribution in [2.45, 2.75) is 25.5 Å². The minimum Gasteiger partial charge on any atom is -0.487 e. The van der Waals surface area contributed by atoms with Gasteiger partial charge in [0.15, 0.2) is 5.69 Å². The first kappa shape index (κ1) is 23.1. The molecular formula is C21H14F6N4O3. The molecule has 34 heavy (non-hydrogen) atoms. The SMILES string of the molecule is O=C(O)Cn1ccc2cc(OCc3nn(-c4ccc(C(F)(F)F)cc4)nc3C(F)(F)F)ccc21. The Hall–Kier alpha value is -4.03. The van der Waals surface area contributed by atoms with E-state index in [9.17, 15) is 31.1 Å². The van der Waals surface area contributed by atoms with Crippen molar-refractivity contribution in [2.75, 3.05) is 0 Å². The minimum absolute atomic E-state index is 0.0917. The normalized spacial score (nSPS) is 12.3. The summed E-state index contributed by atoms with van der Waals surface area (Å²) in [6, 6.07) is 9.55. The first-order valence-corrected chi connectivity index (χ1v) is 9.56. The second kappa shape index (κ2) is 8.39. The van der Waals surface area contributed by atoms with Crippen molar-refractivity contribution in [1.29, 1.82) is 0 Å². The second-order valence-electron chi connectivity index (χ2n) is 7.17. The summed E-state index contributed by atoms with van der Waals surface area (Å²) in [6.07, 6.45) is -7.91. The molecule has 0 saturated carbocycles. The van der Waals surface area contributed by atoms with Crippen LogP contribution in [-0.2, 0) is 30.3 Å². The molecule has 0 spiro atoms. The third-order valence-electron chi connectivity index (χ3n) is 4.80. The van der Waals surface area contributed by atoms with Crippen LogP contribution in [-0.4, -0.2) is 30.6 Å². The molecule has 2 aromatic carbocycles. The maximum atomic E-state index is 13.5. The number of carbonyl (C=O) groups is 1. The van der Waals surface area contributed by atoms with E-state index in [1.54, 1.807) is 18.3 Å². The van der Waals surface area contributed by atoms with Gasteiger partial charge >= 0.3 is 18.3 Å². The summed E-state index contributed by atoms with van der Waals surface area (Å²) in [4.78, 5) is 11.5. The molecule has 0 unspecified atom stereocenters. The van der Waals surface area contributed by atoms with E-state index in [2.05, 4.69) is 10.2 Å². The van der Waals surface area contributed by atoms with Gasteiger partial charge in [-0.3, -0.25) is 4.79 Å². The van der Waals surface area contributed by atoms with Gasteiger partial charge in [-0.1, -0.05) is 0 Å². The van der Waals surface area contributed by atoms with Crippen molar-refractivity contribution in [2.24, 2.45) is 0 Å². The van der Waals surface area contributed by atoms with Gasteiger partial charge in [-0.05, 0) is 48.5 Å². The standard InChI is InChI=1S/C21H14F6N4O3/c22-20(23,24)13-1-3-14(4-2-13)31-28-16(19(29-31)21(25,26)27)11-34-15-5-6-17-12(9-15)7-8-30(17)10-18(32)33/h1-9H,10-11H2,(H,32,33). The molecule has 4 aromatic rings. The number of ether oxygens (including phenoxy) is 1. The third kappa shape index (κ3) is 4.82. The molecule has 0 aliphatic heterocycles. The Morgan fingerprint density at radius 2 is 1.65 bits per heavy atom. The van der Waals surface area contributed by atoms with E-state index in [4.69, 9.17) is 9.84 Å². The molecule has 13 heteroatoms. The Morgan fingerprint density at radius 3 is 2.26 bits per heavy atom. The average Bonchev–Trinajstić information content (AvgIpc) is 3.35. The van der Waals surface area contributed by atoms with Gasteiger partial charge in [0.2, 0.25) is 0 Å². The Labute approximate surface area is 186 Å². The van der Waals surface area contributed by atoms with E-state index in [0.29, 0.717) is 27.8 Å². The summed E-state index contributed by atoms with van der Waals surface area (Å²) in [5.74, 6) is -0.827. The maximum Gasteiger partial charge on any atom is 0.437 e. The van der Waals surface area contributed by atoms with Gasteiger partial charge < -0.3 is 14.4 Å². The predicted octanol–water partition coefficient (Wildman–Crippen LogP) is 4.92. The van der Waals surface area contributed by atoms with Crippen LogP contribution in [0, 0.1) is 0 Å². The van der Waals surface area contributed by atoms with Crippen LogP contribution in [0.15, 0.2) is 54.7 Å². The van der Waals surface area contributed by atoms with Crippen molar-refractivity contribution >= 4 is 16.9 Å². The second-order valence-corrected chi connectivity index (χ2v) is 7.17. The number of hydrogen-bond donors (Lipinski definition) is 1. The maximum absolute atomic E-state index is 13.5. The van der Waals surface area contributed by atoms with Crippen molar-refractivity contribution in [1.82, 2.24) is 19.6 Å². The van der Waals surface area contributed by atoms with Crippen LogP contribution in [0.3, 0.4) is 0 Å². The molecule has 178 valence electrons. The monoisotopic (exact) mass is 484 g/mol. The lowest BCUT2D eigenvalue weighted by Gasteiger charge is -2.08. The number of fused-ring (bicyclic) bond motifs is 1. The highest BCUT2D eigenvalue weighted by Crippen LogP contribution is 2.32. The number of aromatic nitrogens is 4. The minimum atomic E-state index is -4.87. The number of carboxylic acid groups (broad SMARTS) is 1. The fourth-order valence-corrected chi connectivity index (χ4v) is 3.26. The fraction of sp³-hybridized carbons (Fsp3) is 0.190. The number of hydrogen-bond acceptors (Lipinski definition) is 4. The molecule has 2 aromatic heterocycles. The van der Waals surface area contributed by atoms with E-state index in [-0.39, 0.29) is 18.0 Å². The van der Waals surface area contributed by atoms with Crippen molar-refractivity contribution in [3.63, 3.8) is 0 Å². The topological polar surface area (TPSA) is 82.2 Å². The number of halogens is 6. The molecule has 0 bridgehead atoms. The zero-order valence-corrected chi connectivity index (χ0v) is 16.9. The van der Waals surface area contributed by atoms with Crippen LogP contribution in [0.1, 0.15) is 17.0 Å². The number of benzene rings is 2. The first-order chi connectivity index (χ1) is 15.9. The highest BCUT2D eigenvalue weighted by molar-refractivity contribution is 5.83. The largest absolute Gasteiger partial charge is 0.487 e. The lowest BCUT2D eigenvalue weighted by atomic mass is 10.2. The smallest absolute Gasteiger partial charge is 0.437 e. The number of aliphatic carboxylic acids is 1. The van der Waals surface area contributed by atoms with Gasteiger partial charge in [0.1, 0.15) is 24.6 Å². The number of rotatable bonds is 6. The molecule has 4 rings (SSSR count). The summed E-state index contributed by atoms with van der Waals surface area (Å²) in [5, 5.41) is 16.7. The molecule has 0 atom stereocenters. The van der Waals surface area contributed by atoms with E-state index in [1.165, 1.54) is 16.7 Å². The quantitative estimate of drug-likeness (QED) is 0.393. The molecule has 7 nitrogen and oxygen atoms in total. The Kier molecular flexibility index (Phi) is 5.71. The molecule has 0 aliphatic rings. The first-order valence-electron chi connectivity index (χ1n) is 9.56. The van der Waals surface area contributed by atoms with Crippen LogP contribution in [0.25, 0.3) is 16.6 Å². The van der Waals surface area contributed by atoms with Gasteiger partial charge in [-0.2, -0.15) is 31.1 Å². The van der Waals surface area contributed by atoms with Gasteiger partial charge in [0.05, 0.1) is 11.3 Å². The lowest BCUT2D eigenvalue weighted by molar-refractivity contribution is -0.142. The number of alkyl halides is 6. The lowest BCUT2D eigenvalue weighted by Crippen LogP contribution is -2.11. The molecule has 1 N–H and O–H groups in total. The van der Waals surface area contributed by atoms with Crippen molar-refractivity contribution in [3.8, 4) is 11.4 Å². The van der Waals surface area contributed by atoms with Crippen molar-refractivity contribution < 1.29 is 41.0 Å². The Morgan fingerprint density at radius 1 is 0.941 bits per heavy atom. The molecule has 0 saturated heterocycles. The van der Waals surface area contributed by atoms with Crippen molar-refractivity contribution in [3.05, 3.63) is 71.7 Å². The molecule has 0 fully saturated rings. The third-order valence-corrected chi connectivity index (χ3v) is 4.80. The van der Waals surface area contributed by atoms with Crippen LogP contribution in [0.4, 0.5) is 26.3 Å². The predicted molar refractivity (Wildman–Crippen MR) is 105 cm³/mol. The van der Waals surface area contributed by atoms with Gasteiger partial charge in [0.25, 0.3) is 0 Å². The van der Waals surface area contributed by atoms with Crippen LogP contribution in [0.5, 0.6) is 5.75 Å². The van der Waals surface area contributed by atoms with E-state index in [1.807, 2.05) is 0 Å². The molecule has 0 amide bonds. The van der Waals surface area contributed by atoms with Gasteiger partial charge in [-0.15, -0.1) is 10.2 Å². The number of nitrogens with zero attached hydrogens (tertiary/aromatic N) is 4. The Bertz CT molecular complexity index is 1340. The summed E-state index contributed by atoms with van der Waals surface area (Å²) in [7, 11) is 0. The molecule has 2 heterocycles. The zero-order valence-electron chi connectivity index (χ0n) is 16.9. The molecule has 0 radical (unpaired) electrons. The summed E-state index contributed by atoms with van der Waals surface area (Å²) >= 11 is 0. The highest BCUT2D eigenvalue weighted by Gasteiger charge is 2.39. The van der Waals surface area contributed by atoms with E-state index < -0.39 is 41.9 Å². The van der Waals surface area contributed by atoms with Gasteiger partial charge in [-0.25, -0.2) is 0 Å². The fourth-order valence-electron chi connectivity index (χ4n) is 3.26. The summed E-state index contributed by atoms with van der Waals surface area (Å²) < 4.78 is 85.5. The molecule has 0 aliphatic carbocycles. The highest BCUT2D eigenvalue weighted by atomic mass is 19.4. The molecular weight excluding hydrogens is 470 g/mol. The van der Waals surface area contributed by atoms with E-state index in [0.717, 1.165) is 12.1 Å². The number of carboxylic acids is 1. The summed E-state index contributed by atoms with van der Waals surface area (Å²) in [5.41, 5.74) is -2.35. The average molecular weight is 484 g/mol. The Balaban J connectivity index is 1.58. The van der Waals surface area contributed by atoms with Crippen LogP contribution < -0.4 is 4.74 Å². The zero-order chi connectivity index (χ0) is 24.7. The van der Waals surface area contributed by atoms with E-state index >= 15 is 0 Å². The van der Waals surface area contributed by atoms with Crippen LogP contribution >= 0.6 is 0 Å². The van der Waals surface area contributed by atoms with Crippen LogP contribution in [0.2, 0.25) is 0 Å². The summed E-state index contributed by atoms with van der Waals surface area (Å²) in [6.45, 7) is -0.872.